The van der Waals surface area contributed by atoms with E-state index in [-0.39, 0.29) is 23.2 Å². The fourth-order valence-electron chi connectivity index (χ4n) is 2.04. The first-order chi connectivity index (χ1) is 9.97. The number of phenols is 2. The summed E-state index contributed by atoms with van der Waals surface area (Å²) in [5.74, 6) is -1.56. The second-order valence-corrected chi connectivity index (χ2v) is 4.88. The molecule has 0 saturated carbocycles. The van der Waals surface area contributed by atoms with E-state index in [0.717, 1.165) is 5.56 Å². The van der Waals surface area contributed by atoms with E-state index < -0.39 is 11.7 Å². The lowest BCUT2D eigenvalue weighted by Crippen LogP contribution is -2.34. The van der Waals surface area contributed by atoms with E-state index in [1.165, 1.54) is 30.3 Å². The van der Waals surface area contributed by atoms with Crippen LogP contribution in [0.4, 0.5) is 4.39 Å². The summed E-state index contributed by atoms with van der Waals surface area (Å²) < 4.78 is 12.8. The van der Waals surface area contributed by atoms with Gasteiger partial charge in [0.15, 0.2) is 11.5 Å². The van der Waals surface area contributed by atoms with Crippen molar-refractivity contribution >= 4 is 5.91 Å². The predicted octanol–water partition coefficient (Wildman–Crippen LogP) is 2.60. The highest BCUT2D eigenvalue weighted by Crippen LogP contribution is 2.28. The second kappa shape index (κ2) is 6.26. The SMILES string of the molecule is CC(Cc1ccc(F)cc1)NC(=O)c1cccc(O)c1O. The minimum Gasteiger partial charge on any atom is -0.504 e. The standard InChI is InChI=1S/C16H16FNO3/c1-10(9-11-5-7-12(17)8-6-11)18-16(21)13-3-2-4-14(19)15(13)20/h2-8,10,19-20H,9H2,1H3,(H,18,21). The Morgan fingerprint density at radius 1 is 1.19 bits per heavy atom. The van der Waals surface area contributed by atoms with E-state index in [4.69, 9.17) is 0 Å². The molecule has 21 heavy (non-hydrogen) atoms. The van der Waals surface area contributed by atoms with Gasteiger partial charge in [-0.2, -0.15) is 0 Å². The molecule has 2 rings (SSSR count). The first kappa shape index (κ1) is 14.8. The van der Waals surface area contributed by atoms with Crippen molar-refractivity contribution in [1.82, 2.24) is 5.32 Å². The van der Waals surface area contributed by atoms with Gasteiger partial charge < -0.3 is 15.5 Å². The van der Waals surface area contributed by atoms with E-state index in [0.29, 0.717) is 6.42 Å². The van der Waals surface area contributed by atoms with Gasteiger partial charge in [0.25, 0.3) is 5.91 Å². The molecule has 110 valence electrons. The van der Waals surface area contributed by atoms with Crippen molar-refractivity contribution in [3.05, 3.63) is 59.4 Å². The topological polar surface area (TPSA) is 69.6 Å². The minimum absolute atomic E-state index is 0.0148. The van der Waals surface area contributed by atoms with E-state index in [9.17, 15) is 19.4 Å². The van der Waals surface area contributed by atoms with Crippen LogP contribution in [0, 0.1) is 5.82 Å². The number of hydrogen-bond acceptors (Lipinski definition) is 3. The molecule has 0 aliphatic carbocycles. The number of hydrogen-bond donors (Lipinski definition) is 3. The molecule has 1 atom stereocenters. The number of rotatable bonds is 4. The van der Waals surface area contributed by atoms with Crippen molar-refractivity contribution in [2.24, 2.45) is 0 Å². The molecule has 0 aliphatic rings. The highest BCUT2D eigenvalue weighted by atomic mass is 19.1. The molecule has 0 aromatic heterocycles. The third kappa shape index (κ3) is 3.72. The zero-order valence-electron chi connectivity index (χ0n) is 11.5. The Morgan fingerprint density at radius 3 is 2.52 bits per heavy atom. The van der Waals surface area contributed by atoms with Crippen molar-refractivity contribution in [1.29, 1.82) is 0 Å². The molecule has 0 aliphatic heterocycles. The third-order valence-corrected chi connectivity index (χ3v) is 3.09. The van der Waals surface area contributed by atoms with Crippen molar-refractivity contribution in [2.45, 2.75) is 19.4 Å². The summed E-state index contributed by atoms with van der Waals surface area (Å²) in [6.45, 7) is 1.81. The number of benzene rings is 2. The molecule has 0 spiro atoms. The average molecular weight is 289 g/mol. The number of para-hydroxylation sites is 1. The highest BCUT2D eigenvalue weighted by Gasteiger charge is 2.16. The highest BCUT2D eigenvalue weighted by molar-refractivity contribution is 5.97. The Labute approximate surface area is 121 Å². The molecule has 5 heteroatoms. The van der Waals surface area contributed by atoms with Crippen molar-refractivity contribution in [2.75, 3.05) is 0 Å². The van der Waals surface area contributed by atoms with Gasteiger partial charge in [-0.1, -0.05) is 18.2 Å². The first-order valence-corrected chi connectivity index (χ1v) is 6.53. The summed E-state index contributed by atoms with van der Waals surface area (Å²) in [6.07, 6.45) is 0.533. The fraction of sp³-hybridized carbons (Fsp3) is 0.188. The van der Waals surface area contributed by atoms with Gasteiger partial charge in [0.05, 0.1) is 5.56 Å². The van der Waals surface area contributed by atoms with Crippen LogP contribution in [0.2, 0.25) is 0 Å². The molecule has 1 amide bonds. The lowest BCUT2D eigenvalue weighted by molar-refractivity contribution is 0.0936. The summed E-state index contributed by atoms with van der Waals surface area (Å²) in [5, 5.41) is 21.8. The number of carbonyl (C=O) groups excluding carboxylic acids is 1. The molecule has 0 saturated heterocycles. The first-order valence-electron chi connectivity index (χ1n) is 6.53. The van der Waals surface area contributed by atoms with Crippen LogP contribution in [-0.4, -0.2) is 22.2 Å². The number of carbonyl (C=O) groups is 1. The molecule has 2 aromatic rings. The van der Waals surface area contributed by atoms with Crippen molar-refractivity contribution < 1.29 is 19.4 Å². The van der Waals surface area contributed by atoms with Gasteiger partial charge in [0.2, 0.25) is 0 Å². The summed E-state index contributed by atoms with van der Waals surface area (Å²) in [6, 6.07) is 10.0. The third-order valence-electron chi connectivity index (χ3n) is 3.09. The maximum atomic E-state index is 12.8. The van der Waals surface area contributed by atoms with Gasteiger partial charge in [-0.15, -0.1) is 0 Å². The van der Waals surface area contributed by atoms with Crippen LogP contribution in [0.1, 0.15) is 22.8 Å². The number of aromatic hydroxyl groups is 2. The van der Waals surface area contributed by atoms with Crippen LogP contribution in [-0.2, 0) is 6.42 Å². The summed E-state index contributed by atoms with van der Waals surface area (Å²) >= 11 is 0. The Hall–Kier alpha value is -2.56. The Morgan fingerprint density at radius 2 is 1.86 bits per heavy atom. The zero-order chi connectivity index (χ0) is 15.4. The van der Waals surface area contributed by atoms with Gasteiger partial charge in [-0.25, -0.2) is 4.39 Å². The lowest BCUT2D eigenvalue weighted by atomic mass is 10.1. The number of phenolic OH excluding ortho intramolecular Hbond substituents is 2. The largest absolute Gasteiger partial charge is 0.504 e. The van der Waals surface area contributed by atoms with Crippen LogP contribution in [0.3, 0.4) is 0 Å². The number of halogens is 1. The van der Waals surface area contributed by atoms with Crippen LogP contribution >= 0.6 is 0 Å². The van der Waals surface area contributed by atoms with Gasteiger partial charge in [-0.3, -0.25) is 4.79 Å². The predicted molar refractivity (Wildman–Crippen MR) is 76.8 cm³/mol. The fourth-order valence-corrected chi connectivity index (χ4v) is 2.04. The summed E-state index contributed by atoms with van der Waals surface area (Å²) in [4.78, 5) is 12.0. The Kier molecular flexibility index (Phi) is 4.42. The van der Waals surface area contributed by atoms with Gasteiger partial charge in [0.1, 0.15) is 5.82 Å². The molecular formula is C16H16FNO3. The normalized spacial score (nSPS) is 11.9. The Balaban J connectivity index is 2.02. The number of nitrogens with one attached hydrogen (secondary N) is 1. The van der Waals surface area contributed by atoms with Gasteiger partial charge in [-0.05, 0) is 43.2 Å². The minimum atomic E-state index is -0.474. The Bertz CT molecular complexity index is 640. The van der Waals surface area contributed by atoms with Crippen LogP contribution < -0.4 is 5.32 Å². The van der Waals surface area contributed by atoms with Crippen LogP contribution in [0.25, 0.3) is 0 Å². The molecular weight excluding hydrogens is 273 g/mol. The smallest absolute Gasteiger partial charge is 0.255 e. The molecule has 3 N–H and O–H groups in total. The maximum Gasteiger partial charge on any atom is 0.255 e. The van der Waals surface area contributed by atoms with E-state index in [2.05, 4.69) is 5.32 Å². The molecule has 1 unspecified atom stereocenters. The van der Waals surface area contributed by atoms with Crippen molar-refractivity contribution in [3.8, 4) is 11.5 Å². The van der Waals surface area contributed by atoms with E-state index in [1.54, 1.807) is 19.1 Å². The summed E-state index contributed by atoms with van der Waals surface area (Å²) in [5.41, 5.74) is 0.908. The zero-order valence-corrected chi connectivity index (χ0v) is 11.5. The second-order valence-electron chi connectivity index (χ2n) is 4.88. The van der Waals surface area contributed by atoms with Gasteiger partial charge >= 0.3 is 0 Å². The van der Waals surface area contributed by atoms with Crippen LogP contribution in [0.5, 0.6) is 11.5 Å². The van der Waals surface area contributed by atoms with Crippen molar-refractivity contribution in [3.63, 3.8) is 0 Å². The van der Waals surface area contributed by atoms with Crippen LogP contribution in [0.15, 0.2) is 42.5 Å². The van der Waals surface area contributed by atoms with Gasteiger partial charge in [0, 0.05) is 6.04 Å². The molecule has 0 heterocycles. The number of amides is 1. The molecule has 0 bridgehead atoms. The molecule has 2 aromatic carbocycles. The monoisotopic (exact) mass is 289 g/mol. The average Bonchev–Trinajstić information content (AvgIpc) is 2.44. The van der Waals surface area contributed by atoms with E-state index in [1.807, 2.05) is 0 Å². The quantitative estimate of drug-likeness (QED) is 0.758. The molecule has 4 nitrogen and oxygen atoms in total. The lowest BCUT2D eigenvalue weighted by Gasteiger charge is -2.15. The van der Waals surface area contributed by atoms with E-state index >= 15 is 0 Å². The summed E-state index contributed by atoms with van der Waals surface area (Å²) in [7, 11) is 0. The molecule has 0 fully saturated rings. The molecule has 0 radical (unpaired) electrons. The maximum absolute atomic E-state index is 12.8.